The van der Waals surface area contributed by atoms with Gasteiger partial charge in [-0.05, 0) is 53.3 Å². The second kappa shape index (κ2) is 5.35. The Labute approximate surface area is 115 Å². The highest BCUT2D eigenvalue weighted by Crippen LogP contribution is 2.31. The molecule has 0 unspecified atom stereocenters. The molecule has 2 rings (SSSR count). The van der Waals surface area contributed by atoms with Crippen molar-refractivity contribution in [2.75, 3.05) is 19.8 Å². The van der Waals surface area contributed by atoms with Gasteiger partial charge >= 0.3 is 5.97 Å². The van der Waals surface area contributed by atoms with E-state index in [2.05, 4.69) is 29.5 Å². The second-order valence-electron chi connectivity index (χ2n) is 4.43. The fourth-order valence-corrected chi connectivity index (χ4v) is 2.03. The zero-order valence-corrected chi connectivity index (χ0v) is 11.9. The summed E-state index contributed by atoms with van der Waals surface area (Å²) in [4.78, 5) is 11.8. The molecule has 1 aliphatic rings. The number of rotatable bonds is 4. The summed E-state index contributed by atoms with van der Waals surface area (Å²) in [6.45, 7) is 3.95. The third-order valence-corrected chi connectivity index (χ3v) is 3.88. The molecule has 0 spiro atoms. The standard InChI is InChI=1S/C13H15IO3/c1-2-13(7-16-8-13)9-17-12(15)10-3-5-11(14)6-4-10/h3-6H,2,7-9H2,1H3. The van der Waals surface area contributed by atoms with Crippen LogP contribution in [0.25, 0.3) is 0 Å². The molecule has 92 valence electrons. The summed E-state index contributed by atoms with van der Waals surface area (Å²) in [6.07, 6.45) is 0.979. The molecule has 0 aliphatic carbocycles. The molecule has 0 aromatic heterocycles. The molecule has 1 saturated heterocycles. The van der Waals surface area contributed by atoms with E-state index in [1.807, 2.05) is 12.1 Å². The van der Waals surface area contributed by atoms with E-state index in [1.54, 1.807) is 12.1 Å². The summed E-state index contributed by atoms with van der Waals surface area (Å²) in [5, 5.41) is 0. The molecule has 17 heavy (non-hydrogen) atoms. The van der Waals surface area contributed by atoms with Gasteiger partial charge in [-0.3, -0.25) is 0 Å². The molecule has 1 heterocycles. The van der Waals surface area contributed by atoms with Crippen LogP contribution in [0.1, 0.15) is 23.7 Å². The normalized spacial score (nSPS) is 17.3. The van der Waals surface area contributed by atoms with E-state index in [9.17, 15) is 4.79 Å². The third kappa shape index (κ3) is 2.98. The van der Waals surface area contributed by atoms with Gasteiger partial charge in [-0.25, -0.2) is 4.79 Å². The van der Waals surface area contributed by atoms with Gasteiger partial charge in [-0.15, -0.1) is 0 Å². The fraction of sp³-hybridized carbons (Fsp3) is 0.462. The van der Waals surface area contributed by atoms with E-state index in [0.717, 1.165) is 9.99 Å². The Bertz CT molecular complexity index is 390. The van der Waals surface area contributed by atoms with Crippen molar-refractivity contribution in [3.63, 3.8) is 0 Å². The SMILES string of the molecule is CCC1(COC(=O)c2ccc(I)cc2)COC1. The smallest absolute Gasteiger partial charge is 0.338 e. The van der Waals surface area contributed by atoms with Gasteiger partial charge in [0.2, 0.25) is 0 Å². The first-order valence-electron chi connectivity index (χ1n) is 5.66. The average molecular weight is 346 g/mol. The van der Waals surface area contributed by atoms with Crippen molar-refractivity contribution in [1.29, 1.82) is 0 Å². The lowest BCUT2D eigenvalue weighted by Crippen LogP contribution is -2.46. The van der Waals surface area contributed by atoms with Crippen molar-refractivity contribution >= 4 is 28.6 Å². The Hall–Kier alpha value is -0.620. The number of ether oxygens (including phenoxy) is 2. The van der Waals surface area contributed by atoms with Gasteiger partial charge in [0.15, 0.2) is 0 Å². The van der Waals surface area contributed by atoms with Gasteiger partial charge in [-0.1, -0.05) is 6.92 Å². The van der Waals surface area contributed by atoms with Crippen LogP contribution >= 0.6 is 22.6 Å². The highest BCUT2D eigenvalue weighted by molar-refractivity contribution is 14.1. The summed E-state index contributed by atoms with van der Waals surface area (Å²) < 4.78 is 11.6. The van der Waals surface area contributed by atoms with E-state index in [-0.39, 0.29) is 11.4 Å². The maximum absolute atomic E-state index is 11.8. The highest BCUT2D eigenvalue weighted by Gasteiger charge is 2.38. The van der Waals surface area contributed by atoms with Gasteiger partial charge < -0.3 is 9.47 Å². The zero-order chi connectivity index (χ0) is 12.3. The maximum Gasteiger partial charge on any atom is 0.338 e. The second-order valence-corrected chi connectivity index (χ2v) is 5.68. The molecule has 4 heteroatoms. The lowest BCUT2D eigenvalue weighted by Gasteiger charge is -2.39. The Morgan fingerprint density at radius 2 is 2.06 bits per heavy atom. The first kappa shape index (κ1) is 12.8. The molecule has 1 aromatic rings. The summed E-state index contributed by atoms with van der Waals surface area (Å²) in [6, 6.07) is 7.39. The van der Waals surface area contributed by atoms with Crippen LogP contribution in [0.4, 0.5) is 0 Å². The lowest BCUT2D eigenvalue weighted by molar-refractivity contribution is -0.140. The number of halogens is 1. The Morgan fingerprint density at radius 1 is 1.41 bits per heavy atom. The molecule has 3 nitrogen and oxygen atoms in total. The summed E-state index contributed by atoms with van der Waals surface area (Å²) in [5.41, 5.74) is 0.663. The van der Waals surface area contributed by atoms with Crippen molar-refractivity contribution in [2.45, 2.75) is 13.3 Å². The minimum Gasteiger partial charge on any atom is -0.461 e. The predicted molar refractivity (Wildman–Crippen MR) is 73.0 cm³/mol. The minimum absolute atomic E-state index is 0.0544. The number of esters is 1. The number of benzene rings is 1. The van der Waals surface area contributed by atoms with E-state index < -0.39 is 0 Å². The number of carbonyl (C=O) groups is 1. The molecule has 0 saturated carbocycles. The predicted octanol–water partition coefficient (Wildman–Crippen LogP) is 2.87. The molecule has 1 fully saturated rings. The van der Waals surface area contributed by atoms with Crippen molar-refractivity contribution in [3.8, 4) is 0 Å². The van der Waals surface area contributed by atoms with Gasteiger partial charge in [0.05, 0.1) is 24.2 Å². The van der Waals surface area contributed by atoms with E-state index in [4.69, 9.17) is 9.47 Å². The molecule has 1 aromatic carbocycles. The molecule has 0 radical (unpaired) electrons. The maximum atomic E-state index is 11.8. The summed E-state index contributed by atoms with van der Waals surface area (Å²) in [7, 11) is 0. The van der Waals surface area contributed by atoms with Crippen LogP contribution in [-0.2, 0) is 9.47 Å². The van der Waals surface area contributed by atoms with Crippen molar-refractivity contribution < 1.29 is 14.3 Å². The lowest BCUT2D eigenvalue weighted by atomic mass is 9.84. The molecule has 1 aliphatic heterocycles. The van der Waals surface area contributed by atoms with Gasteiger partial charge in [-0.2, -0.15) is 0 Å². The number of carbonyl (C=O) groups excluding carboxylic acids is 1. The molecule has 0 bridgehead atoms. The Balaban J connectivity index is 1.91. The fourth-order valence-electron chi connectivity index (χ4n) is 1.67. The Kier molecular flexibility index (Phi) is 4.04. The average Bonchev–Trinajstić information content (AvgIpc) is 2.29. The quantitative estimate of drug-likeness (QED) is 0.621. The van der Waals surface area contributed by atoms with Crippen LogP contribution in [0.3, 0.4) is 0 Å². The summed E-state index contributed by atoms with van der Waals surface area (Å²) >= 11 is 2.21. The summed E-state index contributed by atoms with van der Waals surface area (Å²) in [5.74, 6) is -0.249. The topological polar surface area (TPSA) is 35.5 Å². The molecular formula is C13H15IO3. The van der Waals surface area contributed by atoms with Gasteiger partial charge in [0, 0.05) is 3.57 Å². The molecule has 0 N–H and O–H groups in total. The van der Waals surface area contributed by atoms with E-state index >= 15 is 0 Å². The monoisotopic (exact) mass is 346 g/mol. The molecular weight excluding hydrogens is 331 g/mol. The van der Waals surface area contributed by atoms with Gasteiger partial charge in [0.25, 0.3) is 0 Å². The van der Waals surface area contributed by atoms with Crippen LogP contribution in [-0.4, -0.2) is 25.8 Å². The van der Waals surface area contributed by atoms with Gasteiger partial charge in [0.1, 0.15) is 6.61 Å². The first-order chi connectivity index (χ1) is 8.15. The van der Waals surface area contributed by atoms with Crippen LogP contribution in [0, 0.1) is 8.99 Å². The van der Waals surface area contributed by atoms with Crippen molar-refractivity contribution in [3.05, 3.63) is 33.4 Å². The van der Waals surface area contributed by atoms with Crippen LogP contribution in [0.5, 0.6) is 0 Å². The van der Waals surface area contributed by atoms with Crippen molar-refractivity contribution in [1.82, 2.24) is 0 Å². The zero-order valence-electron chi connectivity index (χ0n) is 9.74. The van der Waals surface area contributed by atoms with Crippen LogP contribution < -0.4 is 0 Å². The molecule has 0 atom stereocenters. The van der Waals surface area contributed by atoms with Crippen molar-refractivity contribution in [2.24, 2.45) is 5.41 Å². The Morgan fingerprint density at radius 3 is 2.53 bits per heavy atom. The minimum atomic E-state index is -0.249. The number of hydrogen-bond acceptors (Lipinski definition) is 3. The van der Waals surface area contributed by atoms with E-state index in [1.165, 1.54) is 0 Å². The highest BCUT2D eigenvalue weighted by atomic mass is 127. The van der Waals surface area contributed by atoms with Crippen LogP contribution in [0.2, 0.25) is 0 Å². The van der Waals surface area contributed by atoms with E-state index in [0.29, 0.717) is 25.4 Å². The largest absolute Gasteiger partial charge is 0.461 e. The first-order valence-corrected chi connectivity index (χ1v) is 6.73. The number of hydrogen-bond donors (Lipinski definition) is 0. The molecule has 0 amide bonds. The van der Waals surface area contributed by atoms with Crippen LogP contribution in [0.15, 0.2) is 24.3 Å². The third-order valence-electron chi connectivity index (χ3n) is 3.16.